The van der Waals surface area contributed by atoms with Gasteiger partial charge in [0.25, 0.3) is 5.91 Å². The number of halogens is 2. The summed E-state index contributed by atoms with van der Waals surface area (Å²) in [5, 5.41) is 3.80. The Bertz CT molecular complexity index is 846. The molecule has 0 fully saturated rings. The molecule has 4 nitrogen and oxygen atoms in total. The molecule has 0 atom stereocenters. The zero-order valence-electron chi connectivity index (χ0n) is 13.2. The predicted octanol–water partition coefficient (Wildman–Crippen LogP) is 4.89. The van der Waals surface area contributed by atoms with Crippen LogP contribution in [0.25, 0.3) is 11.6 Å². The predicted molar refractivity (Wildman–Crippen MR) is 97.1 cm³/mol. The summed E-state index contributed by atoms with van der Waals surface area (Å²) in [5.41, 5.74) is 2.79. The first-order chi connectivity index (χ1) is 11.5. The molecule has 3 rings (SSSR count). The van der Waals surface area contributed by atoms with Crippen LogP contribution in [-0.4, -0.2) is 19.6 Å². The SMILES string of the molecule is CCOc1c(Cl)cc(C=C2C(=O)Nc3cc(Cl)ccc32)cc1OC. The second kappa shape index (κ2) is 6.75. The minimum absolute atomic E-state index is 0.184. The van der Waals surface area contributed by atoms with E-state index >= 15 is 0 Å². The lowest BCUT2D eigenvalue weighted by molar-refractivity contribution is -0.110. The largest absolute Gasteiger partial charge is 0.493 e. The van der Waals surface area contributed by atoms with E-state index in [2.05, 4.69) is 5.32 Å². The van der Waals surface area contributed by atoms with Crippen molar-refractivity contribution < 1.29 is 14.3 Å². The average molecular weight is 364 g/mol. The third-order valence-electron chi connectivity index (χ3n) is 3.62. The van der Waals surface area contributed by atoms with Gasteiger partial charge in [0.05, 0.1) is 24.4 Å². The minimum atomic E-state index is -0.184. The van der Waals surface area contributed by atoms with Gasteiger partial charge >= 0.3 is 0 Å². The number of carbonyl (C=O) groups excluding carboxylic acids is 1. The van der Waals surface area contributed by atoms with E-state index in [4.69, 9.17) is 32.7 Å². The Labute approximate surface area is 150 Å². The van der Waals surface area contributed by atoms with Crippen molar-refractivity contribution in [1.82, 2.24) is 0 Å². The van der Waals surface area contributed by atoms with E-state index in [0.29, 0.717) is 39.4 Å². The summed E-state index contributed by atoms with van der Waals surface area (Å²) in [6, 6.07) is 8.81. The van der Waals surface area contributed by atoms with Gasteiger partial charge in [0, 0.05) is 16.2 Å². The van der Waals surface area contributed by atoms with Crippen molar-refractivity contribution in [3.63, 3.8) is 0 Å². The van der Waals surface area contributed by atoms with E-state index in [1.807, 2.05) is 13.0 Å². The van der Waals surface area contributed by atoms with Crippen LogP contribution in [0.4, 0.5) is 5.69 Å². The summed E-state index contributed by atoms with van der Waals surface area (Å²) in [6.45, 7) is 2.35. The molecule has 1 amide bonds. The van der Waals surface area contributed by atoms with E-state index in [0.717, 1.165) is 11.1 Å². The first-order valence-electron chi connectivity index (χ1n) is 7.36. The minimum Gasteiger partial charge on any atom is -0.493 e. The van der Waals surface area contributed by atoms with Crippen molar-refractivity contribution in [1.29, 1.82) is 0 Å². The van der Waals surface area contributed by atoms with Crippen molar-refractivity contribution in [3.8, 4) is 11.5 Å². The van der Waals surface area contributed by atoms with Crippen LogP contribution >= 0.6 is 23.2 Å². The Morgan fingerprint density at radius 3 is 2.71 bits per heavy atom. The molecule has 24 heavy (non-hydrogen) atoms. The number of methoxy groups -OCH3 is 1. The summed E-state index contributed by atoms with van der Waals surface area (Å²) >= 11 is 12.3. The van der Waals surface area contributed by atoms with Crippen molar-refractivity contribution in [3.05, 3.63) is 51.5 Å². The van der Waals surface area contributed by atoms with E-state index in [9.17, 15) is 4.79 Å². The summed E-state index contributed by atoms with van der Waals surface area (Å²) in [4.78, 5) is 12.2. The smallest absolute Gasteiger partial charge is 0.256 e. The second-order valence-electron chi connectivity index (χ2n) is 5.17. The first-order valence-corrected chi connectivity index (χ1v) is 8.12. The molecule has 0 saturated carbocycles. The van der Waals surface area contributed by atoms with Gasteiger partial charge in [-0.05, 0) is 42.8 Å². The van der Waals surface area contributed by atoms with Gasteiger partial charge in [0.1, 0.15) is 0 Å². The van der Waals surface area contributed by atoms with Gasteiger partial charge < -0.3 is 14.8 Å². The summed E-state index contributed by atoms with van der Waals surface area (Å²) in [6.07, 6.45) is 1.76. The van der Waals surface area contributed by atoms with E-state index in [1.165, 1.54) is 0 Å². The summed E-state index contributed by atoms with van der Waals surface area (Å²) in [7, 11) is 1.55. The van der Waals surface area contributed by atoms with Crippen molar-refractivity contribution in [2.24, 2.45) is 0 Å². The fourth-order valence-electron chi connectivity index (χ4n) is 2.58. The van der Waals surface area contributed by atoms with Gasteiger partial charge in [-0.25, -0.2) is 0 Å². The van der Waals surface area contributed by atoms with Gasteiger partial charge in [-0.1, -0.05) is 29.3 Å². The molecule has 1 aliphatic heterocycles. The monoisotopic (exact) mass is 363 g/mol. The van der Waals surface area contributed by atoms with E-state index in [1.54, 1.807) is 37.5 Å². The molecule has 6 heteroatoms. The number of anilines is 1. The highest BCUT2D eigenvalue weighted by Crippen LogP contribution is 2.39. The molecule has 1 aliphatic rings. The maximum atomic E-state index is 12.2. The van der Waals surface area contributed by atoms with Crippen LogP contribution in [0.3, 0.4) is 0 Å². The zero-order chi connectivity index (χ0) is 17.3. The lowest BCUT2D eigenvalue weighted by Gasteiger charge is -2.12. The van der Waals surface area contributed by atoms with Gasteiger partial charge in [-0.2, -0.15) is 0 Å². The number of nitrogens with one attached hydrogen (secondary N) is 1. The maximum absolute atomic E-state index is 12.2. The highest BCUT2D eigenvalue weighted by molar-refractivity contribution is 6.37. The molecule has 0 aromatic heterocycles. The van der Waals surface area contributed by atoms with Crippen molar-refractivity contribution in [2.45, 2.75) is 6.92 Å². The molecule has 2 aromatic carbocycles. The fraction of sp³-hybridized carbons (Fsp3) is 0.167. The molecule has 1 N–H and O–H groups in total. The molecule has 124 valence electrons. The molecule has 0 bridgehead atoms. The summed E-state index contributed by atoms with van der Waals surface area (Å²) < 4.78 is 10.8. The zero-order valence-corrected chi connectivity index (χ0v) is 14.7. The van der Waals surface area contributed by atoms with Crippen LogP contribution in [0.15, 0.2) is 30.3 Å². The van der Waals surface area contributed by atoms with Crippen molar-refractivity contribution in [2.75, 3.05) is 19.0 Å². The molecular formula is C18H15Cl2NO3. The van der Waals surface area contributed by atoms with Crippen LogP contribution in [0.2, 0.25) is 10.0 Å². The Morgan fingerprint density at radius 1 is 1.21 bits per heavy atom. The highest BCUT2D eigenvalue weighted by Gasteiger charge is 2.24. The van der Waals surface area contributed by atoms with Gasteiger partial charge in [0.15, 0.2) is 11.5 Å². The number of rotatable bonds is 4. The molecule has 0 unspecified atom stereocenters. The number of carbonyl (C=O) groups is 1. The number of hydrogen-bond donors (Lipinski definition) is 1. The first kappa shape index (κ1) is 16.7. The number of fused-ring (bicyclic) bond motifs is 1. The lowest BCUT2D eigenvalue weighted by atomic mass is 10.0. The quantitative estimate of drug-likeness (QED) is 0.786. The van der Waals surface area contributed by atoms with Gasteiger partial charge in [-0.3, -0.25) is 4.79 Å². The second-order valence-corrected chi connectivity index (χ2v) is 6.01. The number of hydrogen-bond acceptors (Lipinski definition) is 3. The van der Waals surface area contributed by atoms with Gasteiger partial charge in [-0.15, -0.1) is 0 Å². The third kappa shape index (κ3) is 3.07. The maximum Gasteiger partial charge on any atom is 0.256 e. The number of benzene rings is 2. The topological polar surface area (TPSA) is 47.6 Å². The Kier molecular flexibility index (Phi) is 4.69. The fourth-order valence-corrected chi connectivity index (χ4v) is 3.03. The lowest BCUT2D eigenvalue weighted by Crippen LogP contribution is -2.03. The number of ether oxygens (including phenoxy) is 2. The van der Waals surface area contributed by atoms with Crippen LogP contribution in [0, 0.1) is 0 Å². The molecule has 0 radical (unpaired) electrons. The Morgan fingerprint density at radius 2 is 2.00 bits per heavy atom. The van der Waals surface area contributed by atoms with E-state index < -0.39 is 0 Å². The van der Waals surface area contributed by atoms with Gasteiger partial charge in [0.2, 0.25) is 0 Å². The van der Waals surface area contributed by atoms with Crippen LogP contribution in [0.1, 0.15) is 18.1 Å². The van der Waals surface area contributed by atoms with Crippen LogP contribution in [0.5, 0.6) is 11.5 Å². The third-order valence-corrected chi connectivity index (χ3v) is 4.13. The number of amides is 1. The molecule has 2 aromatic rings. The average Bonchev–Trinajstić information content (AvgIpc) is 2.84. The Balaban J connectivity index is 2.06. The standard InChI is InChI=1S/C18H15Cl2NO3/c1-3-24-17-14(20)7-10(8-16(17)23-2)6-13-12-5-4-11(19)9-15(12)21-18(13)22/h4-9H,3H2,1-2H3,(H,21,22). The molecule has 0 spiro atoms. The Hall–Kier alpha value is -2.17. The normalized spacial score (nSPS) is 14.5. The highest BCUT2D eigenvalue weighted by atomic mass is 35.5. The van der Waals surface area contributed by atoms with Crippen LogP contribution in [-0.2, 0) is 4.79 Å². The van der Waals surface area contributed by atoms with E-state index in [-0.39, 0.29) is 5.91 Å². The molecule has 1 heterocycles. The molecule has 0 saturated heterocycles. The van der Waals surface area contributed by atoms with Crippen LogP contribution < -0.4 is 14.8 Å². The van der Waals surface area contributed by atoms with Crippen molar-refractivity contribution >= 4 is 46.4 Å². The molecular weight excluding hydrogens is 349 g/mol. The molecule has 0 aliphatic carbocycles. The summed E-state index contributed by atoms with van der Waals surface area (Å²) in [5.74, 6) is 0.828.